The number of rotatable bonds is 6. The van der Waals surface area contributed by atoms with E-state index in [1.54, 1.807) is 30.6 Å². The Morgan fingerprint density at radius 1 is 1.18 bits per heavy atom. The van der Waals surface area contributed by atoms with E-state index in [0.29, 0.717) is 11.4 Å². The number of Topliss-reactive ketones (excluding diaryl/α,β-unsaturated/α-hetero) is 1. The van der Waals surface area contributed by atoms with Crippen LogP contribution in [-0.4, -0.2) is 18.8 Å². The third-order valence-electron chi connectivity index (χ3n) is 3.30. The molecule has 0 saturated heterocycles. The summed E-state index contributed by atoms with van der Waals surface area (Å²) >= 11 is 1.60. The van der Waals surface area contributed by atoms with E-state index >= 15 is 0 Å². The number of amides is 1. The van der Waals surface area contributed by atoms with Crippen LogP contribution in [0.15, 0.2) is 30.3 Å². The number of carbonyl (C=O) groups excluding carboxylic acids is 2. The molecule has 1 aromatic carbocycles. The molecule has 0 bridgehead atoms. The number of aryl methyl sites for hydroxylation is 2. The van der Waals surface area contributed by atoms with Gasteiger partial charge in [-0.3, -0.25) is 9.59 Å². The zero-order chi connectivity index (χ0) is 16.1. The fourth-order valence-corrected chi connectivity index (χ4v) is 3.17. The molecule has 22 heavy (non-hydrogen) atoms. The van der Waals surface area contributed by atoms with Crippen molar-refractivity contribution in [1.82, 2.24) is 0 Å². The summed E-state index contributed by atoms with van der Waals surface area (Å²) in [7, 11) is 1.55. The monoisotopic (exact) mass is 317 g/mol. The molecule has 4 nitrogen and oxygen atoms in total. The number of ketones is 1. The van der Waals surface area contributed by atoms with Crippen molar-refractivity contribution < 1.29 is 14.3 Å². The number of thiophene rings is 1. The fraction of sp³-hybridized carbons (Fsp3) is 0.294. The highest BCUT2D eigenvalue weighted by Gasteiger charge is 2.14. The van der Waals surface area contributed by atoms with Gasteiger partial charge in [-0.05, 0) is 32.0 Å². The summed E-state index contributed by atoms with van der Waals surface area (Å²) in [6, 6.07) is 9.09. The van der Waals surface area contributed by atoms with Gasteiger partial charge in [0.05, 0.1) is 12.8 Å². The van der Waals surface area contributed by atoms with Crippen molar-refractivity contribution in [2.45, 2.75) is 26.7 Å². The lowest BCUT2D eigenvalue weighted by Crippen LogP contribution is -2.14. The van der Waals surface area contributed by atoms with E-state index in [2.05, 4.69) is 5.32 Å². The Morgan fingerprint density at radius 3 is 2.55 bits per heavy atom. The van der Waals surface area contributed by atoms with Crippen LogP contribution in [0.4, 0.5) is 5.69 Å². The second-order valence-electron chi connectivity index (χ2n) is 5.00. The summed E-state index contributed by atoms with van der Waals surface area (Å²) in [5, 5.41) is 2.77. The molecule has 0 radical (unpaired) electrons. The van der Waals surface area contributed by atoms with Crippen molar-refractivity contribution in [1.29, 1.82) is 0 Å². The Kier molecular flexibility index (Phi) is 5.33. The Hall–Kier alpha value is -2.14. The lowest BCUT2D eigenvalue weighted by Gasteiger charge is -2.09. The highest BCUT2D eigenvalue weighted by molar-refractivity contribution is 7.12. The number of methoxy groups -OCH3 is 1. The Balaban J connectivity index is 1.93. The van der Waals surface area contributed by atoms with E-state index in [9.17, 15) is 9.59 Å². The number of hydrogen-bond acceptors (Lipinski definition) is 4. The standard InChI is InChI=1S/C17H19NO3S/c1-11-10-13(12(2)22-11)15(19)8-9-17(20)18-14-6-4-5-7-16(14)21-3/h4-7,10H,8-9H2,1-3H3,(H,18,20). The molecule has 5 heteroatoms. The summed E-state index contributed by atoms with van der Waals surface area (Å²) in [6.45, 7) is 3.91. The third kappa shape index (κ3) is 3.95. The van der Waals surface area contributed by atoms with Crippen LogP contribution in [0.5, 0.6) is 5.75 Å². The van der Waals surface area contributed by atoms with Gasteiger partial charge in [0, 0.05) is 28.2 Å². The molecule has 0 aliphatic carbocycles. The fourth-order valence-electron chi connectivity index (χ4n) is 2.23. The molecule has 0 saturated carbocycles. The van der Waals surface area contributed by atoms with Crippen LogP contribution in [-0.2, 0) is 4.79 Å². The smallest absolute Gasteiger partial charge is 0.224 e. The van der Waals surface area contributed by atoms with Gasteiger partial charge >= 0.3 is 0 Å². The Morgan fingerprint density at radius 2 is 1.91 bits per heavy atom. The molecule has 1 N–H and O–H groups in total. The van der Waals surface area contributed by atoms with Crippen LogP contribution in [0.3, 0.4) is 0 Å². The number of anilines is 1. The molecule has 1 aromatic heterocycles. The molecule has 1 heterocycles. The SMILES string of the molecule is COc1ccccc1NC(=O)CCC(=O)c1cc(C)sc1C. The first-order chi connectivity index (χ1) is 10.5. The minimum Gasteiger partial charge on any atom is -0.495 e. The maximum absolute atomic E-state index is 12.2. The summed E-state index contributed by atoms with van der Waals surface area (Å²) in [6.07, 6.45) is 0.364. The summed E-state index contributed by atoms with van der Waals surface area (Å²) < 4.78 is 5.18. The van der Waals surface area contributed by atoms with E-state index in [0.717, 1.165) is 15.3 Å². The molecule has 0 unspecified atom stereocenters. The lowest BCUT2D eigenvalue weighted by atomic mass is 10.1. The average molecular weight is 317 g/mol. The van der Waals surface area contributed by atoms with Crippen LogP contribution in [0, 0.1) is 13.8 Å². The van der Waals surface area contributed by atoms with Crippen LogP contribution >= 0.6 is 11.3 Å². The predicted octanol–water partition coefficient (Wildman–Crippen LogP) is 3.98. The first kappa shape index (κ1) is 16.2. The van der Waals surface area contributed by atoms with E-state index in [1.165, 1.54) is 0 Å². The first-order valence-electron chi connectivity index (χ1n) is 7.04. The normalized spacial score (nSPS) is 10.3. The van der Waals surface area contributed by atoms with E-state index in [1.807, 2.05) is 32.0 Å². The molecular weight excluding hydrogens is 298 g/mol. The number of ether oxygens (including phenoxy) is 1. The maximum atomic E-state index is 12.2. The van der Waals surface area contributed by atoms with E-state index in [4.69, 9.17) is 4.74 Å². The maximum Gasteiger partial charge on any atom is 0.224 e. The molecule has 116 valence electrons. The molecule has 0 aliphatic heterocycles. The lowest BCUT2D eigenvalue weighted by molar-refractivity contribution is -0.116. The van der Waals surface area contributed by atoms with Gasteiger partial charge in [-0.25, -0.2) is 0 Å². The van der Waals surface area contributed by atoms with Gasteiger partial charge in [-0.1, -0.05) is 12.1 Å². The molecule has 0 atom stereocenters. The van der Waals surface area contributed by atoms with Crippen molar-refractivity contribution in [2.75, 3.05) is 12.4 Å². The van der Waals surface area contributed by atoms with Crippen LogP contribution in [0.1, 0.15) is 33.0 Å². The minimum atomic E-state index is -0.192. The molecule has 0 fully saturated rings. The van der Waals surface area contributed by atoms with Gasteiger partial charge < -0.3 is 10.1 Å². The van der Waals surface area contributed by atoms with Gasteiger partial charge in [-0.15, -0.1) is 11.3 Å². The first-order valence-corrected chi connectivity index (χ1v) is 7.86. The molecule has 1 amide bonds. The quantitative estimate of drug-likeness (QED) is 0.820. The van der Waals surface area contributed by atoms with Crippen molar-refractivity contribution in [2.24, 2.45) is 0 Å². The highest BCUT2D eigenvalue weighted by Crippen LogP contribution is 2.24. The Bertz CT molecular complexity index is 691. The average Bonchev–Trinajstić information content (AvgIpc) is 2.84. The predicted molar refractivity (Wildman–Crippen MR) is 89.0 cm³/mol. The Labute approximate surface area is 134 Å². The molecular formula is C17H19NO3S. The van der Waals surface area contributed by atoms with Crippen molar-refractivity contribution >= 4 is 28.7 Å². The second kappa shape index (κ2) is 7.22. The highest BCUT2D eigenvalue weighted by atomic mass is 32.1. The second-order valence-corrected chi connectivity index (χ2v) is 6.46. The zero-order valence-corrected chi connectivity index (χ0v) is 13.8. The molecule has 0 spiro atoms. The minimum absolute atomic E-state index is 0.0111. The number of para-hydroxylation sites is 2. The summed E-state index contributed by atoms with van der Waals surface area (Å²) in [5.74, 6) is 0.422. The number of nitrogens with one attached hydrogen (secondary N) is 1. The largest absolute Gasteiger partial charge is 0.495 e. The van der Waals surface area contributed by atoms with Gasteiger partial charge in [0.15, 0.2) is 5.78 Å². The van der Waals surface area contributed by atoms with Crippen LogP contribution < -0.4 is 10.1 Å². The third-order valence-corrected chi connectivity index (χ3v) is 4.27. The van der Waals surface area contributed by atoms with E-state index in [-0.39, 0.29) is 24.5 Å². The van der Waals surface area contributed by atoms with Gasteiger partial charge in [-0.2, -0.15) is 0 Å². The van der Waals surface area contributed by atoms with Crippen molar-refractivity contribution in [3.63, 3.8) is 0 Å². The van der Waals surface area contributed by atoms with Gasteiger partial charge in [0.2, 0.25) is 5.91 Å². The summed E-state index contributed by atoms with van der Waals surface area (Å²) in [5.41, 5.74) is 1.34. The van der Waals surface area contributed by atoms with Crippen molar-refractivity contribution in [3.8, 4) is 5.75 Å². The van der Waals surface area contributed by atoms with Gasteiger partial charge in [0.25, 0.3) is 0 Å². The molecule has 0 aliphatic rings. The molecule has 2 rings (SSSR count). The number of hydrogen-bond donors (Lipinski definition) is 1. The van der Waals surface area contributed by atoms with Crippen LogP contribution in [0.2, 0.25) is 0 Å². The summed E-state index contributed by atoms with van der Waals surface area (Å²) in [4.78, 5) is 26.3. The van der Waals surface area contributed by atoms with Gasteiger partial charge in [0.1, 0.15) is 5.75 Å². The van der Waals surface area contributed by atoms with Crippen molar-refractivity contribution in [3.05, 3.63) is 45.6 Å². The number of carbonyl (C=O) groups is 2. The zero-order valence-electron chi connectivity index (χ0n) is 12.9. The number of benzene rings is 1. The van der Waals surface area contributed by atoms with Crippen LogP contribution in [0.25, 0.3) is 0 Å². The van der Waals surface area contributed by atoms with E-state index < -0.39 is 0 Å². The topological polar surface area (TPSA) is 55.4 Å². The molecule has 2 aromatic rings.